The Kier molecular flexibility index (Phi) is 3.36. The van der Waals surface area contributed by atoms with Gasteiger partial charge in [0.05, 0.1) is 0 Å². The van der Waals surface area contributed by atoms with E-state index >= 15 is 0 Å². The van der Waals surface area contributed by atoms with E-state index in [1.165, 1.54) is 17.6 Å². The smallest absolute Gasteiger partial charge is 0.00914 e. The van der Waals surface area contributed by atoms with Crippen molar-refractivity contribution in [1.29, 1.82) is 0 Å². The second-order valence-electron chi connectivity index (χ2n) is 4.69. The molecule has 0 aromatic carbocycles. The van der Waals surface area contributed by atoms with Crippen LogP contribution in [0.15, 0.2) is 35.5 Å². The maximum Gasteiger partial charge on any atom is 0.00914 e. The van der Waals surface area contributed by atoms with Gasteiger partial charge in [-0.3, -0.25) is 0 Å². The number of hydrogen-bond acceptors (Lipinski definition) is 0. The van der Waals surface area contributed by atoms with Gasteiger partial charge in [-0.25, -0.2) is 0 Å². The molecule has 0 saturated carbocycles. The highest BCUT2D eigenvalue weighted by Gasteiger charge is 2.29. The second-order valence-corrected chi connectivity index (χ2v) is 4.69. The van der Waals surface area contributed by atoms with Gasteiger partial charge >= 0.3 is 0 Å². The Morgan fingerprint density at radius 3 is 2.50 bits per heavy atom. The fourth-order valence-corrected chi connectivity index (χ4v) is 1.90. The van der Waals surface area contributed by atoms with Crippen LogP contribution in [-0.2, 0) is 0 Å². The number of hydrogen-bond donors (Lipinski definition) is 0. The average Bonchev–Trinajstić information content (AvgIpc) is 2.31. The van der Waals surface area contributed by atoms with Gasteiger partial charge in [-0.1, -0.05) is 62.6 Å². The summed E-state index contributed by atoms with van der Waals surface area (Å²) in [6.07, 6.45) is 10.3. The average molecular weight is 190 g/mol. The summed E-state index contributed by atoms with van der Waals surface area (Å²) in [7, 11) is 0. The van der Waals surface area contributed by atoms with Crippen LogP contribution in [0.25, 0.3) is 0 Å². The van der Waals surface area contributed by atoms with Crippen molar-refractivity contribution in [3.8, 4) is 0 Å². The molecular formula is C14H22. The Labute approximate surface area is 88.4 Å². The maximum atomic E-state index is 2.37. The SMILES string of the molecule is CCC(C)C1(C)C=CC(C)=CC=C1C. The van der Waals surface area contributed by atoms with Gasteiger partial charge in [-0.05, 0) is 19.8 Å². The molecule has 0 bridgehead atoms. The summed E-state index contributed by atoms with van der Waals surface area (Å²) in [4.78, 5) is 0. The molecule has 78 valence electrons. The third kappa shape index (κ3) is 2.00. The summed E-state index contributed by atoms with van der Waals surface area (Å²) < 4.78 is 0. The first-order chi connectivity index (χ1) is 6.50. The van der Waals surface area contributed by atoms with Crippen molar-refractivity contribution in [3.05, 3.63) is 35.5 Å². The van der Waals surface area contributed by atoms with Gasteiger partial charge < -0.3 is 0 Å². The lowest BCUT2D eigenvalue weighted by Gasteiger charge is -2.33. The Bertz CT molecular complexity index is 291. The molecule has 0 saturated heterocycles. The molecule has 1 aliphatic rings. The largest absolute Gasteiger partial charge is 0.0740 e. The Balaban J connectivity index is 3.06. The van der Waals surface area contributed by atoms with E-state index in [9.17, 15) is 0 Å². The molecule has 0 aliphatic heterocycles. The van der Waals surface area contributed by atoms with Crippen LogP contribution in [0.5, 0.6) is 0 Å². The fraction of sp³-hybridized carbons (Fsp3) is 0.571. The highest BCUT2D eigenvalue weighted by atomic mass is 14.3. The minimum atomic E-state index is 0.239. The highest BCUT2D eigenvalue weighted by molar-refractivity contribution is 5.34. The van der Waals surface area contributed by atoms with Crippen molar-refractivity contribution in [3.63, 3.8) is 0 Å². The molecule has 0 fully saturated rings. The Hall–Kier alpha value is -0.780. The molecule has 0 N–H and O–H groups in total. The first-order valence-corrected chi connectivity index (χ1v) is 5.55. The Morgan fingerprint density at radius 2 is 1.93 bits per heavy atom. The molecular weight excluding hydrogens is 168 g/mol. The molecule has 1 rings (SSSR count). The summed E-state index contributed by atoms with van der Waals surface area (Å²) in [5.41, 5.74) is 3.06. The van der Waals surface area contributed by atoms with E-state index in [-0.39, 0.29) is 5.41 Å². The Morgan fingerprint density at radius 1 is 1.29 bits per heavy atom. The molecule has 0 amide bonds. The molecule has 0 heteroatoms. The second kappa shape index (κ2) is 4.16. The van der Waals surface area contributed by atoms with Gasteiger partial charge in [-0.15, -0.1) is 0 Å². The van der Waals surface area contributed by atoms with Crippen LogP contribution in [0, 0.1) is 11.3 Å². The predicted octanol–water partition coefficient (Wildman–Crippen LogP) is 4.50. The van der Waals surface area contributed by atoms with Crippen LogP contribution >= 0.6 is 0 Å². The van der Waals surface area contributed by atoms with Crippen LogP contribution in [0.2, 0.25) is 0 Å². The molecule has 0 heterocycles. The number of rotatable bonds is 2. The lowest BCUT2D eigenvalue weighted by molar-refractivity contribution is 0.323. The summed E-state index contributed by atoms with van der Waals surface area (Å²) >= 11 is 0. The van der Waals surface area contributed by atoms with E-state index in [1.807, 2.05) is 0 Å². The molecule has 2 atom stereocenters. The van der Waals surface area contributed by atoms with Crippen LogP contribution < -0.4 is 0 Å². The van der Waals surface area contributed by atoms with E-state index in [4.69, 9.17) is 0 Å². The van der Waals surface area contributed by atoms with E-state index in [0.29, 0.717) is 5.92 Å². The molecule has 2 unspecified atom stereocenters. The summed E-state index contributed by atoms with van der Waals surface area (Å²) in [6, 6.07) is 0. The fourth-order valence-electron chi connectivity index (χ4n) is 1.90. The number of allylic oxidation sites excluding steroid dienone is 6. The molecule has 0 nitrogen and oxygen atoms in total. The quantitative estimate of drug-likeness (QED) is 0.601. The van der Waals surface area contributed by atoms with E-state index in [1.54, 1.807) is 0 Å². The molecule has 0 aromatic rings. The molecule has 1 aliphatic carbocycles. The maximum absolute atomic E-state index is 2.37. The first-order valence-electron chi connectivity index (χ1n) is 5.55. The van der Waals surface area contributed by atoms with Crippen molar-refractivity contribution in [2.24, 2.45) is 11.3 Å². The van der Waals surface area contributed by atoms with Crippen molar-refractivity contribution in [1.82, 2.24) is 0 Å². The van der Waals surface area contributed by atoms with E-state index < -0.39 is 0 Å². The third-order valence-corrected chi connectivity index (χ3v) is 3.77. The topological polar surface area (TPSA) is 0 Å². The summed E-state index contributed by atoms with van der Waals surface area (Å²) in [5, 5.41) is 0. The van der Waals surface area contributed by atoms with Crippen LogP contribution in [0.1, 0.15) is 41.0 Å². The summed E-state index contributed by atoms with van der Waals surface area (Å²) in [6.45, 7) is 11.3. The molecule has 0 aromatic heterocycles. The van der Waals surface area contributed by atoms with Gasteiger partial charge in [0.25, 0.3) is 0 Å². The van der Waals surface area contributed by atoms with Crippen molar-refractivity contribution in [2.45, 2.75) is 41.0 Å². The van der Waals surface area contributed by atoms with Crippen molar-refractivity contribution in [2.75, 3.05) is 0 Å². The zero-order chi connectivity index (χ0) is 10.8. The van der Waals surface area contributed by atoms with Gasteiger partial charge in [-0.2, -0.15) is 0 Å². The predicted molar refractivity (Wildman–Crippen MR) is 64.2 cm³/mol. The lowest BCUT2D eigenvalue weighted by atomic mass is 9.71. The normalized spacial score (nSPS) is 29.2. The highest BCUT2D eigenvalue weighted by Crippen LogP contribution is 2.39. The van der Waals surface area contributed by atoms with Crippen LogP contribution in [0.4, 0.5) is 0 Å². The van der Waals surface area contributed by atoms with Gasteiger partial charge in [0.15, 0.2) is 0 Å². The molecule has 0 spiro atoms. The molecule has 0 radical (unpaired) electrons. The minimum Gasteiger partial charge on any atom is -0.0740 e. The summed E-state index contributed by atoms with van der Waals surface area (Å²) in [5.74, 6) is 0.703. The monoisotopic (exact) mass is 190 g/mol. The lowest BCUT2D eigenvalue weighted by Crippen LogP contribution is -2.23. The van der Waals surface area contributed by atoms with Gasteiger partial charge in [0.2, 0.25) is 0 Å². The standard InChI is InChI=1S/C14H22/c1-6-12(3)14(5)10-9-11(2)7-8-13(14)4/h7-10,12H,6H2,1-5H3. The van der Waals surface area contributed by atoms with E-state index in [2.05, 4.69) is 58.9 Å². The van der Waals surface area contributed by atoms with Crippen molar-refractivity contribution < 1.29 is 0 Å². The first kappa shape index (κ1) is 11.3. The van der Waals surface area contributed by atoms with Crippen LogP contribution in [-0.4, -0.2) is 0 Å². The minimum absolute atomic E-state index is 0.239. The third-order valence-electron chi connectivity index (χ3n) is 3.77. The van der Waals surface area contributed by atoms with Gasteiger partial charge in [0.1, 0.15) is 0 Å². The zero-order valence-electron chi connectivity index (χ0n) is 10.1. The zero-order valence-corrected chi connectivity index (χ0v) is 10.1. The van der Waals surface area contributed by atoms with Crippen LogP contribution in [0.3, 0.4) is 0 Å². The van der Waals surface area contributed by atoms with Crippen molar-refractivity contribution >= 4 is 0 Å². The van der Waals surface area contributed by atoms with E-state index in [0.717, 1.165) is 0 Å². The van der Waals surface area contributed by atoms with Gasteiger partial charge in [0, 0.05) is 5.41 Å². The molecule has 14 heavy (non-hydrogen) atoms.